The first kappa shape index (κ1) is 19.0. The molecule has 19 heavy (non-hydrogen) atoms. The summed E-state index contributed by atoms with van der Waals surface area (Å²) in [5, 5.41) is 3.23. The highest BCUT2D eigenvalue weighted by molar-refractivity contribution is 4.56. The molecule has 0 aliphatic heterocycles. The van der Waals surface area contributed by atoms with Gasteiger partial charge in [0.25, 0.3) is 0 Å². The van der Waals surface area contributed by atoms with E-state index in [1.807, 2.05) is 7.05 Å². The predicted molar refractivity (Wildman–Crippen MR) is 88.8 cm³/mol. The lowest BCUT2D eigenvalue weighted by Gasteiger charge is -2.10. The normalized spacial score (nSPS) is 12.8. The standard InChI is InChI=1S/C18H39N/c1-4-5-6-7-8-9-10-11-12-13-15-18(2)16-14-17-19-3/h18-19H,4-17H2,1-3H3. The van der Waals surface area contributed by atoms with E-state index >= 15 is 0 Å². The Labute approximate surface area is 122 Å². The van der Waals surface area contributed by atoms with Gasteiger partial charge in [0.05, 0.1) is 0 Å². The van der Waals surface area contributed by atoms with E-state index in [4.69, 9.17) is 0 Å². The SMILES string of the molecule is CCCCCCCCCCCCC(C)CCCNC. The zero-order chi connectivity index (χ0) is 14.2. The number of hydrogen-bond donors (Lipinski definition) is 1. The fourth-order valence-corrected chi connectivity index (χ4v) is 2.75. The van der Waals surface area contributed by atoms with Crippen molar-refractivity contribution >= 4 is 0 Å². The molecule has 0 aromatic heterocycles. The quantitative estimate of drug-likeness (QED) is 0.363. The third kappa shape index (κ3) is 15.9. The van der Waals surface area contributed by atoms with Crippen LogP contribution in [0.25, 0.3) is 0 Å². The summed E-state index contributed by atoms with van der Waals surface area (Å²) in [5.74, 6) is 0.933. The third-order valence-electron chi connectivity index (χ3n) is 4.17. The highest BCUT2D eigenvalue weighted by Crippen LogP contribution is 2.16. The molecule has 0 amide bonds. The highest BCUT2D eigenvalue weighted by Gasteiger charge is 2.01. The molecular formula is C18H39N. The average Bonchev–Trinajstić information content (AvgIpc) is 2.41. The van der Waals surface area contributed by atoms with Crippen LogP contribution in [0, 0.1) is 5.92 Å². The number of hydrogen-bond acceptors (Lipinski definition) is 1. The van der Waals surface area contributed by atoms with Crippen LogP contribution >= 0.6 is 0 Å². The molecule has 0 spiro atoms. The van der Waals surface area contributed by atoms with Crippen molar-refractivity contribution in [3.63, 3.8) is 0 Å². The molecule has 0 radical (unpaired) electrons. The molecule has 0 saturated heterocycles. The van der Waals surface area contributed by atoms with E-state index in [0.717, 1.165) is 5.92 Å². The van der Waals surface area contributed by atoms with Gasteiger partial charge in [0.2, 0.25) is 0 Å². The van der Waals surface area contributed by atoms with Crippen molar-refractivity contribution in [1.82, 2.24) is 5.32 Å². The highest BCUT2D eigenvalue weighted by atomic mass is 14.8. The second-order valence-electron chi connectivity index (χ2n) is 6.32. The molecule has 1 atom stereocenters. The Morgan fingerprint density at radius 2 is 1.16 bits per heavy atom. The minimum absolute atomic E-state index is 0.933. The van der Waals surface area contributed by atoms with Gasteiger partial charge < -0.3 is 5.32 Å². The molecule has 0 saturated carbocycles. The lowest BCUT2D eigenvalue weighted by molar-refractivity contribution is 0.439. The van der Waals surface area contributed by atoms with Crippen LogP contribution in [-0.4, -0.2) is 13.6 Å². The minimum Gasteiger partial charge on any atom is -0.320 e. The fourth-order valence-electron chi connectivity index (χ4n) is 2.75. The Morgan fingerprint density at radius 1 is 0.684 bits per heavy atom. The van der Waals surface area contributed by atoms with Gasteiger partial charge in [-0.25, -0.2) is 0 Å². The lowest BCUT2D eigenvalue weighted by atomic mass is 9.97. The summed E-state index contributed by atoms with van der Waals surface area (Å²) in [4.78, 5) is 0. The Morgan fingerprint density at radius 3 is 1.68 bits per heavy atom. The molecule has 0 heterocycles. The monoisotopic (exact) mass is 269 g/mol. The molecule has 0 aromatic rings. The Bertz CT molecular complexity index is 156. The van der Waals surface area contributed by atoms with E-state index in [1.54, 1.807) is 0 Å². The lowest BCUT2D eigenvalue weighted by Crippen LogP contribution is -2.09. The molecule has 0 aliphatic rings. The molecule has 1 unspecified atom stereocenters. The molecule has 0 fully saturated rings. The summed E-state index contributed by atoms with van der Waals surface area (Å²) in [5.41, 5.74) is 0. The largest absolute Gasteiger partial charge is 0.320 e. The summed E-state index contributed by atoms with van der Waals surface area (Å²) >= 11 is 0. The van der Waals surface area contributed by atoms with Crippen LogP contribution < -0.4 is 5.32 Å². The van der Waals surface area contributed by atoms with Crippen molar-refractivity contribution in [3.8, 4) is 0 Å². The second kappa shape index (κ2) is 16.0. The Kier molecular flexibility index (Phi) is 16.0. The van der Waals surface area contributed by atoms with Crippen LogP contribution in [0.15, 0.2) is 0 Å². The Balaban J connectivity index is 3.05. The maximum absolute atomic E-state index is 3.23. The summed E-state index contributed by atoms with van der Waals surface area (Å²) in [6.45, 7) is 5.89. The smallest absolute Gasteiger partial charge is 0.00518 e. The minimum atomic E-state index is 0.933. The van der Waals surface area contributed by atoms with Crippen LogP contribution in [0.2, 0.25) is 0 Å². The van der Waals surface area contributed by atoms with Crippen molar-refractivity contribution < 1.29 is 0 Å². The maximum atomic E-state index is 3.23. The second-order valence-corrected chi connectivity index (χ2v) is 6.32. The van der Waals surface area contributed by atoms with E-state index in [1.165, 1.54) is 90.0 Å². The van der Waals surface area contributed by atoms with Crippen LogP contribution in [-0.2, 0) is 0 Å². The van der Waals surface area contributed by atoms with E-state index in [9.17, 15) is 0 Å². The molecule has 0 rings (SSSR count). The Hall–Kier alpha value is -0.0400. The molecular weight excluding hydrogens is 230 g/mol. The van der Waals surface area contributed by atoms with E-state index < -0.39 is 0 Å². The molecule has 1 N–H and O–H groups in total. The fraction of sp³-hybridized carbons (Fsp3) is 1.00. The van der Waals surface area contributed by atoms with Crippen molar-refractivity contribution in [1.29, 1.82) is 0 Å². The van der Waals surface area contributed by atoms with Crippen LogP contribution in [0.5, 0.6) is 0 Å². The first-order chi connectivity index (χ1) is 9.31. The van der Waals surface area contributed by atoms with E-state index in [-0.39, 0.29) is 0 Å². The number of nitrogens with one attached hydrogen (secondary N) is 1. The summed E-state index contributed by atoms with van der Waals surface area (Å²) in [7, 11) is 2.05. The average molecular weight is 270 g/mol. The summed E-state index contributed by atoms with van der Waals surface area (Å²) in [6.07, 6.45) is 18.7. The molecule has 0 bridgehead atoms. The predicted octanol–water partition coefficient (Wildman–Crippen LogP) is 5.93. The van der Waals surface area contributed by atoms with Crippen molar-refractivity contribution in [2.24, 2.45) is 5.92 Å². The molecule has 0 aliphatic carbocycles. The zero-order valence-corrected chi connectivity index (χ0v) is 14.0. The van der Waals surface area contributed by atoms with Gasteiger partial charge in [-0.05, 0) is 32.4 Å². The van der Waals surface area contributed by atoms with Crippen molar-refractivity contribution in [2.45, 2.75) is 97.3 Å². The van der Waals surface area contributed by atoms with Gasteiger partial charge in [0.15, 0.2) is 0 Å². The van der Waals surface area contributed by atoms with Crippen LogP contribution in [0.4, 0.5) is 0 Å². The first-order valence-corrected chi connectivity index (χ1v) is 8.95. The third-order valence-corrected chi connectivity index (χ3v) is 4.17. The van der Waals surface area contributed by atoms with E-state index in [0.29, 0.717) is 0 Å². The van der Waals surface area contributed by atoms with Gasteiger partial charge in [-0.2, -0.15) is 0 Å². The zero-order valence-electron chi connectivity index (χ0n) is 14.0. The van der Waals surface area contributed by atoms with Crippen LogP contribution in [0.1, 0.15) is 97.3 Å². The summed E-state index contributed by atoms with van der Waals surface area (Å²) in [6, 6.07) is 0. The van der Waals surface area contributed by atoms with Gasteiger partial charge in [-0.1, -0.05) is 84.5 Å². The van der Waals surface area contributed by atoms with Gasteiger partial charge >= 0.3 is 0 Å². The van der Waals surface area contributed by atoms with Crippen molar-refractivity contribution in [2.75, 3.05) is 13.6 Å². The summed E-state index contributed by atoms with van der Waals surface area (Å²) < 4.78 is 0. The van der Waals surface area contributed by atoms with Gasteiger partial charge in [0.1, 0.15) is 0 Å². The van der Waals surface area contributed by atoms with Gasteiger partial charge in [-0.3, -0.25) is 0 Å². The van der Waals surface area contributed by atoms with Crippen LogP contribution in [0.3, 0.4) is 0 Å². The first-order valence-electron chi connectivity index (χ1n) is 8.95. The van der Waals surface area contributed by atoms with Gasteiger partial charge in [0, 0.05) is 0 Å². The van der Waals surface area contributed by atoms with E-state index in [2.05, 4.69) is 19.2 Å². The molecule has 1 nitrogen and oxygen atoms in total. The van der Waals surface area contributed by atoms with Crippen molar-refractivity contribution in [3.05, 3.63) is 0 Å². The topological polar surface area (TPSA) is 12.0 Å². The maximum Gasteiger partial charge on any atom is -0.00518 e. The molecule has 1 heteroatoms. The molecule has 116 valence electrons. The van der Waals surface area contributed by atoms with Gasteiger partial charge in [-0.15, -0.1) is 0 Å². The number of rotatable bonds is 15. The molecule has 0 aromatic carbocycles. The number of unbranched alkanes of at least 4 members (excludes halogenated alkanes) is 9.